The van der Waals surface area contributed by atoms with E-state index in [1.54, 1.807) is 16.8 Å². The highest BCUT2D eigenvalue weighted by Gasteiger charge is 2.30. The van der Waals surface area contributed by atoms with Crippen molar-refractivity contribution in [1.29, 1.82) is 0 Å². The van der Waals surface area contributed by atoms with E-state index in [1.807, 2.05) is 48.5 Å². The average molecular weight is 415 g/mol. The summed E-state index contributed by atoms with van der Waals surface area (Å²) in [5, 5.41) is 0.615. The van der Waals surface area contributed by atoms with E-state index in [2.05, 4.69) is 13.8 Å². The summed E-state index contributed by atoms with van der Waals surface area (Å²) in [6.07, 6.45) is 1.45. The SMILES string of the molecule is CC(C)CN(C)C(=O)/C=C1/Sc2ccccc2N(Cc2ccccc2Cl)C1=O. The molecule has 0 aromatic heterocycles. The van der Waals surface area contributed by atoms with Crippen LogP contribution in [0.25, 0.3) is 0 Å². The standard InChI is InChI=1S/C22H23ClN2O2S/c1-15(2)13-24(3)21(26)12-20-22(27)25(14-16-8-4-5-9-17(16)23)18-10-6-7-11-19(18)28-20/h4-12,15H,13-14H2,1-3H3/b20-12+. The zero-order valence-corrected chi connectivity index (χ0v) is 17.8. The molecule has 1 aliphatic heterocycles. The average Bonchev–Trinajstić information content (AvgIpc) is 2.66. The quantitative estimate of drug-likeness (QED) is 0.648. The highest BCUT2D eigenvalue weighted by molar-refractivity contribution is 8.04. The number of fused-ring (bicyclic) bond motifs is 1. The first-order valence-corrected chi connectivity index (χ1v) is 10.3. The summed E-state index contributed by atoms with van der Waals surface area (Å²) >= 11 is 7.65. The maximum absolute atomic E-state index is 13.2. The minimum absolute atomic E-state index is 0.165. The first-order valence-electron chi connectivity index (χ1n) is 9.15. The summed E-state index contributed by atoms with van der Waals surface area (Å²) in [4.78, 5) is 30.5. The second-order valence-corrected chi connectivity index (χ2v) is 8.66. The predicted octanol–water partition coefficient (Wildman–Crippen LogP) is 4.98. The molecule has 2 aromatic rings. The molecule has 0 spiro atoms. The molecule has 3 rings (SSSR count). The van der Waals surface area contributed by atoms with Gasteiger partial charge in [-0.2, -0.15) is 0 Å². The van der Waals surface area contributed by atoms with Crippen LogP contribution in [0.3, 0.4) is 0 Å². The van der Waals surface area contributed by atoms with Gasteiger partial charge in [0.05, 0.1) is 17.1 Å². The van der Waals surface area contributed by atoms with Crippen molar-refractivity contribution >= 4 is 40.9 Å². The van der Waals surface area contributed by atoms with E-state index in [4.69, 9.17) is 11.6 Å². The molecule has 0 saturated heterocycles. The second kappa shape index (κ2) is 8.84. The number of carbonyl (C=O) groups is 2. The molecule has 1 aliphatic rings. The predicted molar refractivity (Wildman–Crippen MR) is 115 cm³/mol. The number of likely N-dealkylation sites (N-methyl/N-ethyl adjacent to an activating group) is 1. The maximum Gasteiger partial charge on any atom is 0.265 e. The first kappa shape index (κ1) is 20.5. The molecule has 0 N–H and O–H groups in total. The number of para-hydroxylation sites is 1. The minimum atomic E-state index is -0.185. The molecule has 4 nitrogen and oxygen atoms in total. The number of carbonyl (C=O) groups excluding carboxylic acids is 2. The van der Waals surface area contributed by atoms with Crippen LogP contribution in [0.15, 0.2) is 64.4 Å². The van der Waals surface area contributed by atoms with Crippen LogP contribution in [0.1, 0.15) is 19.4 Å². The molecule has 28 heavy (non-hydrogen) atoms. The van der Waals surface area contributed by atoms with Gasteiger partial charge in [-0.05, 0) is 29.7 Å². The van der Waals surface area contributed by atoms with Gasteiger partial charge >= 0.3 is 0 Å². The number of hydrogen-bond acceptors (Lipinski definition) is 3. The molecule has 0 atom stereocenters. The lowest BCUT2D eigenvalue weighted by molar-refractivity contribution is -0.125. The summed E-state index contributed by atoms with van der Waals surface area (Å²) in [5.41, 5.74) is 1.69. The minimum Gasteiger partial charge on any atom is -0.342 e. The van der Waals surface area contributed by atoms with Crippen molar-refractivity contribution in [2.75, 3.05) is 18.5 Å². The van der Waals surface area contributed by atoms with E-state index in [0.29, 0.717) is 28.9 Å². The first-order chi connectivity index (χ1) is 13.4. The fraction of sp³-hybridized carbons (Fsp3) is 0.273. The van der Waals surface area contributed by atoms with Crippen molar-refractivity contribution in [2.24, 2.45) is 5.92 Å². The molecule has 6 heteroatoms. The van der Waals surface area contributed by atoms with Crippen LogP contribution in [-0.2, 0) is 16.1 Å². The Labute approximate surface area is 175 Å². The largest absolute Gasteiger partial charge is 0.342 e. The highest BCUT2D eigenvalue weighted by Crippen LogP contribution is 2.42. The third-order valence-corrected chi connectivity index (χ3v) is 5.83. The summed E-state index contributed by atoms with van der Waals surface area (Å²) in [6, 6.07) is 15.2. The van der Waals surface area contributed by atoms with Crippen LogP contribution in [0.2, 0.25) is 5.02 Å². The topological polar surface area (TPSA) is 40.6 Å². The smallest absolute Gasteiger partial charge is 0.265 e. The lowest BCUT2D eigenvalue weighted by atomic mass is 10.1. The van der Waals surface area contributed by atoms with Crippen LogP contribution in [0.5, 0.6) is 0 Å². The van der Waals surface area contributed by atoms with E-state index in [1.165, 1.54) is 17.8 Å². The van der Waals surface area contributed by atoms with Gasteiger partial charge < -0.3 is 9.80 Å². The molecule has 2 aromatic carbocycles. The normalized spacial score (nSPS) is 15.1. The summed E-state index contributed by atoms with van der Waals surface area (Å²) in [6.45, 7) is 5.10. The number of halogens is 1. The number of benzene rings is 2. The molecule has 0 saturated carbocycles. The maximum atomic E-state index is 13.2. The number of nitrogens with zero attached hydrogens (tertiary/aromatic N) is 2. The molecule has 1 heterocycles. The second-order valence-electron chi connectivity index (χ2n) is 7.17. The highest BCUT2D eigenvalue weighted by atomic mass is 35.5. The van der Waals surface area contributed by atoms with E-state index < -0.39 is 0 Å². The van der Waals surface area contributed by atoms with Crippen LogP contribution >= 0.6 is 23.4 Å². The fourth-order valence-corrected chi connectivity index (χ4v) is 4.30. The number of hydrogen-bond donors (Lipinski definition) is 0. The summed E-state index contributed by atoms with van der Waals surface area (Å²) in [7, 11) is 1.76. The van der Waals surface area contributed by atoms with Crippen molar-refractivity contribution < 1.29 is 9.59 Å². The monoisotopic (exact) mass is 414 g/mol. The molecule has 0 radical (unpaired) electrons. The van der Waals surface area contributed by atoms with Crippen molar-refractivity contribution in [3.8, 4) is 0 Å². The summed E-state index contributed by atoms with van der Waals surface area (Å²) in [5.74, 6) is 0.0102. The lowest BCUT2D eigenvalue weighted by Gasteiger charge is -2.30. The Morgan fingerprint density at radius 2 is 1.86 bits per heavy atom. The van der Waals surface area contributed by atoms with Crippen molar-refractivity contribution in [3.63, 3.8) is 0 Å². The van der Waals surface area contributed by atoms with Crippen LogP contribution in [0.4, 0.5) is 5.69 Å². The number of amides is 2. The number of anilines is 1. The zero-order valence-electron chi connectivity index (χ0n) is 16.2. The van der Waals surface area contributed by atoms with Crippen LogP contribution in [-0.4, -0.2) is 30.3 Å². The van der Waals surface area contributed by atoms with Crippen molar-refractivity contribution in [3.05, 3.63) is 70.1 Å². The molecule has 0 fully saturated rings. The Morgan fingerprint density at radius 3 is 2.57 bits per heavy atom. The lowest BCUT2D eigenvalue weighted by Crippen LogP contribution is -2.35. The van der Waals surface area contributed by atoms with Gasteiger partial charge in [0, 0.05) is 29.6 Å². The van der Waals surface area contributed by atoms with E-state index in [0.717, 1.165) is 16.1 Å². The molecule has 0 bridgehead atoms. The Bertz CT molecular complexity index is 926. The van der Waals surface area contributed by atoms with Gasteiger partial charge in [0.1, 0.15) is 0 Å². The van der Waals surface area contributed by atoms with Crippen LogP contribution in [0, 0.1) is 5.92 Å². The molecule has 0 aliphatic carbocycles. The van der Waals surface area contributed by atoms with Gasteiger partial charge in [0.15, 0.2) is 0 Å². The number of rotatable bonds is 5. The third kappa shape index (κ3) is 4.59. The summed E-state index contributed by atoms with van der Waals surface area (Å²) < 4.78 is 0. The van der Waals surface area contributed by atoms with E-state index in [-0.39, 0.29) is 11.8 Å². The Kier molecular flexibility index (Phi) is 6.47. The molecule has 2 amide bonds. The molecule has 146 valence electrons. The van der Waals surface area contributed by atoms with Gasteiger partial charge in [-0.25, -0.2) is 0 Å². The molecule has 0 unspecified atom stereocenters. The zero-order chi connectivity index (χ0) is 20.3. The van der Waals surface area contributed by atoms with Gasteiger partial charge in [-0.1, -0.05) is 67.5 Å². The van der Waals surface area contributed by atoms with Gasteiger partial charge in [-0.15, -0.1) is 0 Å². The fourth-order valence-electron chi connectivity index (χ4n) is 3.08. The number of thioether (sulfide) groups is 1. The molecular formula is C22H23ClN2O2S. The Balaban J connectivity index is 1.94. The Hall–Kier alpha value is -2.24. The van der Waals surface area contributed by atoms with Crippen molar-refractivity contribution in [1.82, 2.24) is 4.90 Å². The Morgan fingerprint density at radius 1 is 1.18 bits per heavy atom. The van der Waals surface area contributed by atoms with Gasteiger partial charge in [0.25, 0.3) is 5.91 Å². The third-order valence-electron chi connectivity index (χ3n) is 4.39. The van der Waals surface area contributed by atoms with Gasteiger partial charge in [-0.3, -0.25) is 9.59 Å². The van der Waals surface area contributed by atoms with E-state index >= 15 is 0 Å². The molecular weight excluding hydrogens is 392 g/mol. The van der Waals surface area contributed by atoms with Gasteiger partial charge in [0.2, 0.25) is 5.91 Å². The van der Waals surface area contributed by atoms with Crippen molar-refractivity contribution in [2.45, 2.75) is 25.3 Å². The van der Waals surface area contributed by atoms with Crippen LogP contribution < -0.4 is 4.90 Å². The van der Waals surface area contributed by atoms with E-state index in [9.17, 15) is 9.59 Å².